The number of hydrogen-bond acceptors (Lipinski definition) is 2. The van der Waals surface area contributed by atoms with E-state index in [-0.39, 0.29) is 23.5 Å². The van der Waals surface area contributed by atoms with Crippen LogP contribution in [0.15, 0.2) is 48.5 Å². The molecule has 0 bridgehead atoms. The Morgan fingerprint density at radius 1 is 0.957 bits per heavy atom. The highest BCUT2D eigenvalue weighted by molar-refractivity contribution is 6.01. The third-order valence-corrected chi connectivity index (χ3v) is 3.33. The number of phenols is 1. The van der Waals surface area contributed by atoms with E-state index in [1.807, 2.05) is 27.7 Å². The third kappa shape index (κ3) is 4.31. The van der Waals surface area contributed by atoms with E-state index in [4.69, 9.17) is 0 Å². The number of β-lactam (4-membered cyclic amide) rings is 1. The van der Waals surface area contributed by atoms with Gasteiger partial charge < -0.3 is 10.0 Å². The van der Waals surface area contributed by atoms with E-state index in [1.54, 1.807) is 41.3 Å². The molecule has 2 aromatic rings. The van der Waals surface area contributed by atoms with Gasteiger partial charge in [0.15, 0.2) is 0 Å². The maximum atomic E-state index is 12.9. The van der Waals surface area contributed by atoms with Crippen LogP contribution in [0.2, 0.25) is 0 Å². The van der Waals surface area contributed by atoms with Crippen LogP contribution < -0.4 is 4.90 Å². The summed E-state index contributed by atoms with van der Waals surface area (Å²) in [5.41, 5.74) is 1.65. The first-order valence-corrected chi connectivity index (χ1v) is 8.02. The van der Waals surface area contributed by atoms with Gasteiger partial charge in [-0.15, -0.1) is 0 Å². The summed E-state index contributed by atoms with van der Waals surface area (Å²) in [6.07, 6.45) is 0.433. The van der Waals surface area contributed by atoms with Crippen LogP contribution in [0.4, 0.5) is 10.1 Å². The van der Waals surface area contributed by atoms with Crippen molar-refractivity contribution in [2.24, 2.45) is 0 Å². The van der Waals surface area contributed by atoms with Crippen molar-refractivity contribution in [1.29, 1.82) is 0 Å². The SMILES string of the molecule is CC.CC.O=C1C[C@@H](c2ccc(O)cc2)N1c1ccc(F)cc1. The first-order chi connectivity index (χ1) is 11.1. The summed E-state index contributed by atoms with van der Waals surface area (Å²) in [7, 11) is 0. The molecule has 124 valence electrons. The summed E-state index contributed by atoms with van der Waals surface area (Å²) in [5.74, 6) is -0.106. The van der Waals surface area contributed by atoms with Crippen LogP contribution in [-0.2, 0) is 4.79 Å². The molecular weight excluding hydrogens is 293 g/mol. The van der Waals surface area contributed by atoms with E-state index < -0.39 is 0 Å². The number of rotatable bonds is 2. The monoisotopic (exact) mass is 317 g/mol. The predicted octanol–water partition coefficient (Wildman–Crippen LogP) is 5.06. The summed E-state index contributed by atoms with van der Waals surface area (Å²) in [6.45, 7) is 8.00. The highest BCUT2D eigenvalue weighted by atomic mass is 19.1. The molecule has 0 unspecified atom stereocenters. The first-order valence-electron chi connectivity index (χ1n) is 8.02. The Hall–Kier alpha value is -2.36. The summed E-state index contributed by atoms with van der Waals surface area (Å²) in [5, 5.41) is 9.27. The van der Waals surface area contributed by atoms with Crippen molar-refractivity contribution in [2.45, 2.75) is 40.2 Å². The summed E-state index contributed by atoms with van der Waals surface area (Å²) in [4.78, 5) is 13.4. The quantitative estimate of drug-likeness (QED) is 0.786. The van der Waals surface area contributed by atoms with Gasteiger partial charge in [0.1, 0.15) is 11.6 Å². The lowest BCUT2D eigenvalue weighted by Gasteiger charge is -2.40. The van der Waals surface area contributed by atoms with Crippen LogP contribution in [0.25, 0.3) is 0 Å². The fourth-order valence-corrected chi connectivity index (χ4v) is 2.31. The summed E-state index contributed by atoms with van der Waals surface area (Å²) >= 11 is 0. The molecule has 1 aliphatic rings. The molecule has 1 N–H and O–H groups in total. The molecule has 23 heavy (non-hydrogen) atoms. The van der Waals surface area contributed by atoms with Crippen molar-refractivity contribution >= 4 is 11.6 Å². The summed E-state index contributed by atoms with van der Waals surface area (Å²) in [6, 6.07) is 12.6. The molecule has 1 atom stereocenters. The zero-order valence-electron chi connectivity index (χ0n) is 14.1. The number of benzene rings is 2. The van der Waals surface area contributed by atoms with Crippen LogP contribution in [0.5, 0.6) is 5.75 Å². The van der Waals surface area contributed by atoms with E-state index in [2.05, 4.69) is 0 Å². The fraction of sp³-hybridized carbons (Fsp3) is 0.316. The van der Waals surface area contributed by atoms with Crippen molar-refractivity contribution in [2.75, 3.05) is 4.90 Å². The molecule has 3 rings (SSSR count). The van der Waals surface area contributed by atoms with E-state index in [1.165, 1.54) is 12.1 Å². The number of nitrogens with zero attached hydrogens (tertiary/aromatic N) is 1. The maximum absolute atomic E-state index is 12.9. The van der Waals surface area contributed by atoms with Gasteiger partial charge in [-0.2, -0.15) is 0 Å². The van der Waals surface area contributed by atoms with E-state index in [9.17, 15) is 14.3 Å². The van der Waals surface area contributed by atoms with Gasteiger partial charge in [-0.1, -0.05) is 39.8 Å². The summed E-state index contributed by atoms with van der Waals surface area (Å²) < 4.78 is 12.9. The van der Waals surface area contributed by atoms with Crippen molar-refractivity contribution in [3.8, 4) is 5.75 Å². The van der Waals surface area contributed by atoms with Gasteiger partial charge in [-0.05, 0) is 42.0 Å². The molecule has 1 saturated heterocycles. The molecule has 3 nitrogen and oxygen atoms in total. The largest absolute Gasteiger partial charge is 0.508 e. The van der Waals surface area contributed by atoms with Crippen molar-refractivity contribution in [3.05, 3.63) is 59.9 Å². The van der Waals surface area contributed by atoms with E-state index in [0.29, 0.717) is 12.1 Å². The smallest absolute Gasteiger partial charge is 0.230 e. The van der Waals surface area contributed by atoms with Gasteiger partial charge in [0.2, 0.25) is 5.91 Å². The second-order valence-corrected chi connectivity index (χ2v) is 4.55. The van der Waals surface area contributed by atoms with Gasteiger partial charge in [-0.3, -0.25) is 4.79 Å². The van der Waals surface area contributed by atoms with Crippen LogP contribution in [-0.4, -0.2) is 11.0 Å². The lowest BCUT2D eigenvalue weighted by molar-refractivity contribution is -0.124. The maximum Gasteiger partial charge on any atom is 0.230 e. The lowest BCUT2D eigenvalue weighted by Crippen LogP contribution is -2.46. The molecule has 0 saturated carbocycles. The third-order valence-electron chi connectivity index (χ3n) is 3.33. The van der Waals surface area contributed by atoms with Crippen molar-refractivity contribution in [1.82, 2.24) is 0 Å². The minimum Gasteiger partial charge on any atom is -0.508 e. The van der Waals surface area contributed by atoms with Crippen molar-refractivity contribution in [3.63, 3.8) is 0 Å². The Balaban J connectivity index is 0.000000615. The molecule has 0 aromatic heterocycles. The van der Waals surface area contributed by atoms with Gasteiger partial charge in [0.25, 0.3) is 0 Å². The van der Waals surface area contributed by atoms with Crippen molar-refractivity contribution < 1.29 is 14.3 Å². The van der Waals surface area contributed by atoms with Gasteiger partial charge in [-0.25, -0.2) is 4.39 Å². The van der Waals surface area contributed by atoms with Crippen LogP contribution in [0, 0.1) is 5.82 Å². The Bertz CT molecular complexity index is 608. The standard InChI is InChI=1S/C15H12FNO2.2C2H6/c16-11-3-5-12(6-4-11)17-14(9-15(17)19)10-1-7-13(18)8-2-10;2*1-2/h1-8,14,18H,9H2;2*1-2H3/t14-;;/m0../s1. The number of anilines is 1. The predicted molar refractivity (Wildman–Crippen MR) is 92.0 cm³/mol. The zero-order valence-corrected chi connectivity index (χ0v) is 14.1. The topological polar surface area (TPSA) is 40.5 Å². The molecule has 1 heterocycles. The van der Waals surface area contributed by atoms with Crippen LogP contribution in [0.1, 0.15) is 45.7 Å². The Labute approximate surface area is 137 Å². The zero-order chi connectivity index (χ0) is 17.4. The van der Waals surface area contributed by atoms with Crippen LogP contribution in [0.3, 0.4) is 0 Å². The number of carbonyl (C=O) groups excluding carboxylic acids is 1. The Morgan fingerprint density at radius 3 is 1.96 bits per heavy atom. The average Bonchev–Trinajstić information content (AvgIpc) is 2.59. The Morgan fingerprint density at radius 2 is 1.48 bits per heavy atom. The molecule has 1 fully saturated rings. The molecule has 1 amide bonds. The lowest BCUT2D eigenvalue weighted by atomic mass is 9.93. The minimum absolute atomic E-state index is 0.0182. The first kappa shape index (κ1) is 18.7. The second kappa shape index (κ2) is 8.93. The van der Waals surface area contributed by atoms with Gasteiger partial charge in [0.05, 0.1) is 12.5 Å². The molecule has 2 aromatic carbocycles. The Kier molecular flexibility index (Phi) is 7.26. The number of carbonyl (C=O) groups is 1. The number of amides is 1. The number of halogens is 1. The minimum atomic E-state index is -0.321. The van der Waals surface area contributed by atoms with E-state index in [0.717, 1.165) is 5.56 Å². The highest BCUT2D eigenvalue weighted by Crippen LogP contribution is 2.39. The second-order valence-electron chi connectivity index (χ2n) is 4.55. The number of hydrogen-bond donors (Lipinski definition) is 1. The fourth-order valence-electron chi connectivity index (χ4n) is 2.31. The normalized spacial score (nSPS) is 15.6. The molecule has 4 heteroatoms. The average molecular weight is 317 g/mol. The molecule has 0 radical (unpaired) electrons. The van der Waals surface area contributed by atoms with Crippen LogP contribution >= 0.6 is 0 Å². The number of phenolic OH excluding ortho intramolecular Hbond substituents is 1. The van der Waals surface area contributed by atoms with E-state index >= 15 is 0 Å². The molecule has 1 aliphatic heterocycles. The number of aromatic hydroxyl groups is 1. The van der Waals surface area contributed by atoms with Gasteiger partial charge in [0, 0.05) is 5.69 Å². The molecule has 0 aliphatic carbocycles. The van der Waals surface area contributed by atoms with Gasteiger partial charge >= 0.3 is 0 Å². The molecular formula is C19H24FNO2. The molecule has 0 spiro atoms. The highest BCUT2D eigenvalue weighted by Gasteiger charge is 2.38.